The molecule has 0 atom stereocenters. The Morgan fingerprint density at radius 3 is 1.79 bits per heavy atom. The van der Waals surface area contributed by atoms with Gasteiger partial charge in [-0.25, -0.2) is 0 Å². The number of aromatic nitrogens is 1. The van der Waals surface area contributed by atoms with E-state index in [0.717, 1.165) is 6.54 Å². The molecule has 0 saturated carbocycles. The van der Waals surface area contributed by atoms with Crippen LogP contribution in [0.4, 0.5) is 0 Å². The Bertz CT molecular complexity index is 2740. The highest BCUT2D eigenvalue weighted by Gasteiger charge is 2.27. The van der Waals surface area contributed by atoms with Crippen molar-refractivity contribution in [2.24, 2.45) is 0 Å². The van der Waals surface area contributed by atoms with E-state index in [-0.39, 0.29) is 0 Å². The summed E-state index contributed by atoms with van der Waals surface area (Å²) in [5.74, 6) is 0. The summed E-state index contributed by atoms with van der Waals surface area (Å²) in [4.78, 5) is 0. The summed E-state index contributed by atoms with van der Waals surface area (Å²) in [7, 11) is 0. The third-order valence-corrected chi connectivity index (χ3v) is 12.3. The molecule has 10 rings (SSSR count). The second-order valence-corrected chi connectivity index (χ2v) is 14.7. The first-order chi connectivity index (χ1) is 23.3. The van der Waals surface area contributed by atoms with Gasteiger partial charge >= 0.3 is 3.84 Å². The van der Waals surface area contributed by atoms with E-state index in [2.05, 4.69) is 167 Å². The number of nitrogens with zero attached hydrogens (tertiary/aromatic N) is 3. The van der Waals surface area contributed by atoms with Gasteiger partial charge in [-0.05, 0) is 93.8 Å². The Balaban J connectivity index is 1.38. The maximum Gasteiger partial charge on any atom is 0.302 e. The maximum atomic E-state index is 5.36. The lowest BCUT2D eigenvalue weighted by atomic mass is 9.91. The van der Waals surface area contributed by atoms with Crippen LogP contribution in [0.15, 0.2) is 158 Å². The van der Waals surface area contributed by atoms with Crippen molar-refractivity contribution in [3.05, 3.63) is 174 Å². The van der Waals surface area contributed by atoms with Gasteiger partial charge in [0, 0.05) is 16.2 Å². The Morgan fingerprint density at radius 2 is 1.06 bits per heavy atom. The van der Waals surface area contributed by atoms with Crippen LogP contribution in [0.5, 0.6) is 0 Å². The van der Waals surface area contributed by atoms with E-state index in [4.69, 9.17) is 5.43 Å². The molecule has 1 aliphatic heterocycles. The zero-order valence-corrected chi connectivity index (χ0v) is 27.6. The van der Waals surface area contributed by atoms with Gasteiger partial charge in [0.15, 0.2) is 0 Å². The summed E-state index contributed by atoms with van der Waals surface area (Å²) in [6.07, 6.45) is 0. The van der Waals surface area contributed by atoms with Crippen LogP contribution in [0, 0.1) is 0 Å². The third-order valence-electron chi connectivity index (χ3n) is 9.47. The first-order valence-corrected chi connectivity index (χ1v) is 18.1. The molecule has 0 saturated heterocycles. The van der Waals surface area contributed by atoms with Crippen molar-refractivity contribution in [2.75, 3.05) is 0 Å². The number of benzene rings is 8. The minimum Gasteiger partial charge on any atom is -0.493 e. The first kappa shape index (κ1) is 26.8. The topological polar surface area (TPSA) is 22.0 Å². The molecule has 3 nitrogen and oxygen atoms in total. The van der Waals surface area contributed by atoms with Crippen molar-refractivity contribution in [3.8, 4) is 0 Å². The fraction of sp³-hybridized carbons (Fsp3) is 0.0233. The van der Waals surface area contributed by atoms with Gasteiger partial charge < -0.3 is 10.1 Å². The lowest BCUT2D eigenvalue weighted by Crippen LogP contribution is -2.17. The van der Waals surface area contributed by atoms with E-state index in [1.807, 2.05) is 0 Å². The maximum absolute atomic E-state index is 5.36. The fourth-order valence-corrected chi connectivity index (χ4v) is 10.2. The van der Waals surface area contributed by atoms with Crippen LogP contribution in [0.3, 0.4) is 0 Å². The summed E-state index contributed by atoms with van der Waals surface area (Å²) in [6, 6.07) is 57.6. The summed E-state index contributed by atoms with van der Waals surface area (Å²) >= 11 is -0.606. The molecule has 0 bridgehead atoms. The number of hydrogen-bond acceptors (Lipinski definition) is 0. The first-order valence-electron chi connectivity index (χ1n) is 16.0. The quantitative estimate of drug-likeness (QED) is 0.0988. The minimum absolute atomic E-state index is 0.606. The number of rotatable bonds is 3. The molecule has 47 heavy (non-hydrogen) atoms. The molecule has 0 fully saturated rings. The molecule has 2 heterocycles. The van der Waals surface area contributed by atoms with Crippen molar-refractivity contribution in [1.82, 2.24) is 4.57 Å². The van der Waals surface area contributed by atoms with Gasteiger partial charge in [0.05, 0.1) is 0 Å². The van der Waals surface area contributed by atoms with E-state index < -0.39 is 20.7 Å². The average Bonchev–Trinajstić information content (AvgIpc) is 3.69. The molecule has 0 radical (unpaired) electrons. The van der Waals surface area contributed by atoms with E-state index in [1.165, 1.54) is 83.5 Å². The summed E-state index contributed by atoms with van der Waals surface area (Å²) in [6.45, 7) is 0.724. The molecule has 1 aliphatic rings. The molecule has 8 aromatic carbocycles. The number of halogens is 1. The van der Waals surface area contributed by atoms with Gasteiger partial charge in [-0.1, -0.05) is 137 Å². The molecule has 0 spiro atoms. The monoisotopic (exact) mass is 713 g/mol. The fourth-order valence-electron chi connectivity index (χ4n) is 7.38. The van der Waals surface area contributed by atoms with Gasteiger partial charge in [0.2, 0.25) is 0 Å². The number of hydrogen-bond donors (Lipinski definition) is 0. The van der Waals surface area contributed by atoms with E-state index in [9.17, 15) is 0 Å². The SMILES string of the molecule is c1ccc(C[N+]2=C(n3c4cc5ccccc5cc4c4c5c6ccccc6c6ccccc6c5ccc43)I=C(c3ccccc3)[N-]2)cc1. The van der Waals surface area contributed by atoms with Crippen LogP contribution in [-0.2, 0) is 6.54 Å². The molecule has 0 aliphatic carbocycles. The van der Waals surface area contributed by atoms with Crippen LogP contribution in [0.25, 0.3) is 70.3 Å². The molecule has 0 amide bonds. The molecular weight excluding hydrogens is 685 g/mol. The zero-order chi connectivity index (χ0) is 30.9. The molecule has 222 valence electrons. The molecule has 9 aromatic rings. The Morgan fingerprint density at radius 1 is 0.489 bits per heavy atom. The third kappa shape index (κ3) is 4.18. The van der Waals surface area contributed by atoms with E-state index >= 15 is 0 Å². The van der Waals surface area contributed by atoms with Crippen LogP contribution < -0.4 is 0 Å². The molecule has 1 aromatic heterocycles. The average molecular weight is 714 g/mol. The second kappa shape index (κ2) is 10.6. The van der Waals surface area contributed by atoms with Crippen molar-refractivity contribution in [2.45, 2.75) is 6.54 Å². The van der Waals surface area contributed by atoms with E-state index in [0.29, 0.717) is 0 Å². The van der Waals surface area contributed by atoms with Crippen molar-refractivity contribution in [1.29, 1.82) is 0 Å². The molecule has 4 heteroatoms. The van der Waals surface area contributed by atoms with Crippen LogP contribution in [0.1, 0.15) is 11.1 Å². The van der Waals surface area contributed by atoms with Crippen LogP contribution in [-0.4, -0.2) is 16.7 Å². The Kier molecular flexibility index (Phi) is 6.06. The molecular formula is C43H28IN3. The smallest absolute Gasteiger partial charge is 0.302 e. The van der Waals surface area contributed by atoms with Crippen molar-refractivity contribution in [3.63, 3.8) is 0 Å². The van der Waals surface area contributed by atoms with Crippen molar-refractivity contribution < 1.29 is 4.68 Å². The predicted molar refractivity (Wildman–Crippen MR) is 208 cm³/mol. The predicted octanol–water partition coefficient (Wildman–Crippen LogP) is 11.3. The van der Waals surface area contributed by atoms with Crippen molar-refractivity contribution >= 4 is 93.1 Å². The summed E-state index contributed by atoms with van der Waals surface area (Å²) < 4.78 is 7.31. The largest absolute Gasteiger partial charge is 0.493 e. The van der Waals surface area contributed by atoms with Crippen LogP contribution >= 0.6 is 20.7 Å². The summed E-state index contributed by atoms with van der Waals surface area (Å²) in [5.41, 5.74) is 10.3. The number of fused-ring (bicyclic) bond motifs is 11. The minimum atomic E-state index is -0.606. The molecule has 0 N–H and O–H groups in total. The lowest BCUT2D eigenvalue weighted by molar-refractivity contribution is -0.483. The second-order valence-electron chi connectivity index (χ2n) is 12.2. The van der Waals surface area contributed by atoms with Crippen LogP contribution in [0.2, 0.25) is 0 Å². The van der Waals surface area contributed by atoms with Gasteiger partial charge in [0.1, 0.15) is 17.6 Å². The van der Waals surface area contributed by atoms with Gasteiger partial charge in [-0.3, -0.25) is 0 Å². The Hall–Kier alpha value is -5.33. The highest BCUT2D eigenvalue weighted by molar-refractivity contribution is 14.2. The van der Waals surface area contributed by atoms with E-state index in [1.54, 1.807) is 0 Å². The lowest BCUT2D eigenvalue weighted by Gasteiger charge is -2.21. The zero-order valence-electron chi connectivity index (χ0n) is 25.4. The summed E-state index contributed by atoms with van der Waals surface area (Å²) in [5, 5.41) is 12.9. The highest BCUT2D eigenvalue weighted by atomic mass is 127. The van der Waals surface area contributed by atoms with Gasteiger partial charge in [-0.15, -0.1) is 0 Å². The van der Waals surface area contributed by atoms with Gasteiger partial charge in [0.25, 0.3) is 0 Å². The molecule has 0 unspecified atom stereocenters. The highest BCUT2D eigenvalue weighted by Crippen LogP contribution is 2.44. The standard InChI is InChI=1S/C43H28IN3/c1-3-13-28(14-4-1)27-46-43(44-42(45-46)29-15-5-2-6-16-29)47-38-24-23-36-34-21-10-9-19-32(34)33-20-11-12-22-35(33)40(36)41(38)37-25-30-17-7-8-18-31(30)26-39(37)47/h1-26H,27H2. The normalized spacial score (nSPS) is 13.6. The van der Waals surface area contributed by atoms with Gasteiger partial charge in [-0.2, -0.15) is 4.57 Å². The Labute approximate surface area is 281 Å².